The summed E-state index contributed by atoms with van der Waals surface area (Å²) in [6.07, 6.45) is 1.90. The molecule has 0 aliphatic carbocycles. The number of benzene rings is 2. The molecule has 0 radical (unpaired) electrons. The van der Waals surface area contributed by atoms with Gasteiger partial charge in [0.2, 0.25) is 0 Å². The van der Waals surface area contributed by atoms with Gasteiger partial charge in [0.25, 0.3) is 5.91 Å². The molecule has 1 fully saturated rings. The van der Waals surface area contributed by atoms with E-state index in [1.54, 1.807) is 13.2 Å². The molecule has 5 nitrogen and oxygen atoms in total. The summed E-state index contributed by atoms with van der Waals surface area (Å²) in [6.45, 7) is 0.740. The number of hydrogen-bond acceptors (Lipinski definition) is 3. The van der Waals surface area contributed by atoms with E-state index < -0.39 is 0 Å². The summed E-state index contributed by atoms with van der Waals surface area (Å²) in [5.74, 6) is 1.60. The number of methoxy groups -OCH3 is 1. The summed E-state index contributed by atoms with van der Waals surface area (Å²) in [5, 5.41) is 0. The van der Waals surface area contributed by atoms with Gasteiger partial charge < -0.3 is 14.6 Å². The average Bonchev–Trinajstić information content (AvgIpc) is 3.27. The van der Waals surface area contributed by atoms with E-state index in [0.29, 0.717) is 11.3 Å². The summed E-state index contributed by atoms with van der Waals surface area (Å²) in [7, 11) is 1.61. The Kier molecular flexibility index (Phi) is 4.21. The number of para-hydroxylation sites is 2. The zero-order valence-corrected chi connectivity index (χ0v) is 15.4. The maximum Gasteiger partial charge on any atom is 0.254 e. The van der Waals surface area contributed by atoms with Crippen LogP contribution >= 0.6 is 15.9 Å². The molecule has 1 amide bonds. The Hall–Kier alpha value is -2.34. The molecular formula is C19H18BrN3O2. The van der Waals surface area contributed by atoms with Crippen LogP contribution in [0, 0.1) is 0 Å². The fraction of sp³-hybridized carbons (Fsp3) is 0.263. The summed E-state index contributed by atoms with van der Waals surface area (Å²) in [4.78, 5) is 23.0. The van der Waals surface area contributed by atoms with Gasteiger partial charge in [-0.1, -0.05) is 12.1 Å². The Morgan fingerprint density at radius 3 is 2.92 bits per heavy atom. The van der Waals surface area contributed by atoms with E-state index in [0.717, 1.165) is 40.7 Å². The highest BCUT2D eigenvalue weighted by atomic mass is 79.9. The molecule has 0 unspecified atom stereocenters. The predicted octanol–water partition coefficient (Wildman–Crippen LogP) is 4.31. The maximum atomic E-state index is 13.0. The van der Waals surface area contributed by atoms with Crippen LogP contribution in [-0.4, -0.2) is 34.4 Å². The second-order valence-electron chi connectivity index (χ2n) is 6.15. The van der Waals surface area contributed by atoms with E-state index in [-0.39, 0.29) is 11.9 Å². The Morgan fingerprint density at radius 2 is 2.16 bits per heavy atom. The highest BCUT2D eigenvalue weighted by Crippen LogP contribution is 2.34. The molecule has 128 valence electrons. The summed E-state index contributed by atoms with van der Waals surface area (Å²) in [6, 6.07) is 13.4. The van der Waals surface area contributed by atoms with E-state index in [2.05, 4.69) is 25.9 Å². The number of hydrogen-bond donors (Lipinski definition) is 1. The van der Waals surface area contributed by atoms with Crippen molar-refractivity contribution in [2.24, 2.45) is 0 Å². The number of imidazole rings is 1. The molecule has 1 aliphatic heterocycles. The van der Waals surface area contributed by atoms with Gasteiger partial charge in [-0.15, -0.1) is 0 Å². The van der Waals surface area contributed by atoms with Crippen molar-refractivity contribution >= 4 is 32.9 Å². The number of H-pyrrole nitrogens is 1. The summed E-state index contributed by atoms with van der Waals surface area (Å²) < 4.78 is 6.02. The van der Waals surface area contributed by atoms with Crippen LogP contribution in [0.15, 0.2) is 46.9 Å². The Labute approximate surface area is 154 Å². The van der Waals surface area contributed by atoms with E-state index in [4.69, 9.17) is 4.74 Å². The van der Waals surface area contributed by atoms with Crippen molar-refractivity contribution < 1.29 is 9.53 Å². The van der Waals surface area contributed by atoms with Crippen molar-refractivity contribution in [1.82, 2.24) is 14.9 Å². The van der Waals surface area contributed by atoms with Crippen molar-refractivity contribution in [3.05, 3.63) is 58.3 Å². The largest absolute Gasteiger partial charge is 0.496 e. The normalized spacial score (nSPS) is 17.2. The van der Waals surface area contributed by atoms with Crippen LogP contribution in [0.5, 0.6) is 5.75 Å². The van der Waals surface area contributed by atoms with Gasteiger partial charge >= 0.3 is 0 Å². The second kappa shape index (κ2) is 6.52. The summed E-state index contributed by atoms with van der Waals surface area (Å²) >= 11 is 3.45. The number of likely N-dealkylation sites (tertiary alicyclic amines) is 1. The zero-order valence-electron chi connectivity index (χ0n) is 13.8. The van der Waals surface area contributed by atoms with Crippen LogP contribution in [0.2, 0.25) is 0 Å². The number of nitrogens with one attached hydrogen (secondary N) is 1. The molecule has 0 bridgehead atoms. The average molecular weight is 400 g/mol. The molecule has 2 heterocycles. The first-order chi connectivity index (χ1) is 12.2. The third-order valence-electron chi connectivity index (χ3n) is 4.64. The quantitative estimate of drug-likeness (QED) is 0.713. The van der Waals surface area contributed by atoms with Crippen molar-refractivity contribution in [2.75, 3.05) is 13.7 Å². The van der Waals surface area contributed by atoms with Crippen LogP contribution < -0.4 is 4.74 Å². The number of nitrogens with zero attached hydrogens (tertiary/aromatic N) is 2. The fourth-order valence-corrected chi connectivity index (χ4v) is 3.93. The lowest BCUT2D eigenvalue weighted by atomic mass is 10.1. The number of carbonyl (C=O) groups excluding carboxylic acids is 1. The molecule has 25 heavy (non-hydrogen) atoms. The molecule has 0 spiro atoms. The molecule has 1 aliphatic rings. The molecule has 1 saturated heterocycles. The third kappa shape index (κ3) is 2.91. The minimum atomic E-state index is -0.0132. The lowest BCUT2D eigenvalue weighted by molar-refractivity contribution is 0.0730. The first-order valence-corrected chi connectivity index (χ1v) is 9.06. The van der Waals surface area contributed by atoms with Gasteiger partial charge in [0.05, 0.1) is 28.7 Å². The van der Waals surface area contributed by atoms with Crippen LogP contribution in [0.4, 0.5) is 0 Å². The predicted molar refractivity (Wildman–Crippen MR) is 99.8 cm³/mol. The first kappa shape index (κ1) is 16.1. The van der Waals surface area contributed by atoms with Crippen LogP contribution in [0.25, 0.3) is 11.0 Å². The van der Waals surface area contributed by atoms with Gasteiger partial charge in [-0.3, -0.25) is 4.79 Å². The molecular weight excluding hydrogens is 382 g/mol. The first-order valence-electron chi connectivity index (χ1n) is 8.26. The van der Waals surface area contributed by atoms with E-state index in [1.165, 1.54) is 0 Å². The number of halogens is 1. The number of aromatic amines is 1. The molecule has 1 atom stereocenters. The number of aromatic nitrogens is 2. The third-order valence-corrected chi connectivity index (χ3v) is 5.26. The highest BCUT2D eigenvalue weighted by molar-refractivity contribution is 9.10. The van der Waals surface area contributed by atoms with E-state index in [9.17, 15) is 4.79 Å². The van der Waals surface area contributed by atoms with Gasteiger partial charge in [-0.05, 0) is 59.1 Å². The van der Waals surface area contributed by atoms with Crippen molar-refractivity contribution in [3.8, 4) is 5.75 Å². The minimum absolute atomic E-state index is 0.0132. The van der Waals surface area contributed by atoms with Crippen molar-refractivity contribution in [3.63, 3.8) is 0 Å². The lowest BCUT2D eigenvalue weighted by Gasteiger charge is -2.23. The molecule has 6 heteroatoms. The van der Waals surface area contributed by atoms with Gasteiger partial charge in [-0.25, -0.2) is 4.98 Å². The number of carbonyl (C=O) groups is 1. The second-order valence-corrected chi connectivity index (χ2v) is 7.00. The zero-order chi connectivity index (χ0) is 17.4. The Balaban J connectivity index is 1.64. The highest BCUT2D eigenvalue weighted by Gasteiger charge is 2.32. The Morgan fingerprint density at radius 1 is 1.32 bits per heavy atom. The molecule has 1 N–H and O–H groups in total. The number of fused-ring (bicyclic) bond motifs is 1. The lowest BCUT2D eigenvalue weighted by Crippen LogP contribution is -2.31. The number of amides is 1. The van der Waals surface area contributed by atoms with Crippen LogP contribution in [-0.2, 0) is 0 Å². The maximum absolute atomic E-state index is 13.0. The fourth-order valence-electron chi connectivity index (χ4n) is 3.39. The molecule has 0 saturated carbocycles. The minimum Gasteiger partial charge on any atom is -0.496 e. The van der Waals surface area contributed by atoms with Gasteiger partial charge in [-0.2, -0.15) is 0 Å². The molecule has 4 rings (SSSR count). The van der Waals surface area contributed by atoms with E-state index in [1.807, 2.05) is 41.3 Å². The van der Waals surface area contributed by atoms with Gasteiger partial charge in [0.15, 0.2) is 0 Å². The molecule has 3 aromatic rings. The Bertz CT molecular complexity index is 904. The van der Waals surface area contributed by atoms with E-state index >= 15 is 0 Å². The van der Waals surface area contributed by atoms with Gasteiger partial charge in [0, 0.05) is 12.1 Å². The number of ether oxygens (including phenoxy) is 1. The standard InChI is InChI=1S/C19H18BrN3O2/c1-25-17-9-8-12(11-13(17)20)19(24)23-10-4-7-16(23)18-21-14-5-2-3-6-15(14)22-18/h2-3,5-6,8-9,11,16H,4,7,10H2,1H3,(H,21,22)/t16-/m1/s1. The van der Waals surface area contributed by atoms with Crippen LogP contribution in [0.1, 0.15) is 35.1 Å². The molecule has 2 aromatic carbocycles. The smallest absolute Gasteiger partial charge is 0.254 e. The van der Waals surface area contributed by atoms with Crippen molar-refractivity contribution in [2.45, 2.75) is 18.9 Å². The van der Waals surface area contributed by atoms with Gasteiger partial charge in [0.1, 0.15) is 11.6 Å². The summed E-state index contributed by atoms with van der Waals surface area (Å²) in [5.41, 5.74) is 2.59. The number of rotatable bonds is 3. The molecule has 1 aromatic heterocycles. The monoisotopic (exact) mass is 399 g/mol. The van der Waals surface area contributed by atoms with Crippen molar-refractivity contribution in [1.29, 1.82) is 0 Å². The topological polar surface area (TPSA) is 58.2 Å². The van der Waals surface area contributed by atoms with Crippen LogP contribution in [0.3, 0.4) is 0 Å². The SMILES string of the molecule is COc1ccc(C(=O)N2CCC[C@@H]2c2nc3ccccc3[nH]2)cc1Br.